The number of hydrogen-bond acceptors (Lipinski definition) is 0. The van der Waals surface area contributed by atoms with Gasteiger partial charge in [-0.05, 0) is 25.7 Å². The van der Waals surface area contributed by atoms with Crippen molar-refractivity contribution in [3.63, 3.8) is 0 Å². The largest absolute Gasteiger partial charge is 0.0885 e. The van der Waals surface area contributed by atoms with Gasteiger partial charge in [0.1, 0.15) is 0 Å². The third kappa shape index (κ3) is 27.7. The van der Waals surface area contributed by atoms with Gasteiger partial charge < -0.3 is 0 Å². The summed E-state index contributed by atoms with van der Waals surface area (Å²) in [6.45, 7) is 7.78. The maximum absolute atomic E-state index is 3.92. The maximum atomic E-state index is 3.92. The van der Waals surface area contributed by atoms with Crippen LogP contribution in [0, 0.1) is 13.8 Å². The second kappa shape index (κ2) is 28.7. The molecule has 30 heavy (non-hydrogen) atoms. The Balaban J connectivity index is 3.00. The van der Waals surface area contributed by atoms with Crippen LogP contribution in [-0.4, -0.2) is 0 Å². The van der Waals surface area contributed by atoms with Crippen LogP contribution in [0.25, 0.3) is 0 Å². The van der Waals surface area contributed by atoms with Gasteiger partial charge in [0, 0.05) is 0 Å². The summed E-state index contributed by atoms with van der Waals surface area (Å²) >= 11 is 0. The van der Waals surface area contributed by atoms with Gasteiger partial charge in [-0.1, -0.05) is 167 Å². The molecule has 0 rings (SSSR count). The summed E-state index contributed by atoms with van der Waals surface area (Å²) in [7, 11) is 0. The number of allylic oxidation sites excluding steroid dienone is 2. The Kier molecular flexibility index (Phi) is 28.5. The van der Waals surface area contributed by atoms with Gasteiger partial charge in [0.2, 0.25) is 0 Å². The minimum Gasteiger partial charge on any atom is -0.0885 e. The molecule has 0 amide bonds. The SMILES string of the molecule is [CH2]CCC=CCCCCCCCCCCCCCCCCCCCCCCCC[CH2]. The lowest BCUT2D eigenvalue weighted by molar-refractivity contribution is 0.518. The van der Waals surface area contributed by atoms with Crippen LogP contribution in [0.15, 0.2) is 12.2 Å². The van der Waals surface area contributed by atoms with E-state index in [1.54, 1.807) is 0 Å². The second-order valence-electron chi connectivity index (χ2n) is 9.53. The fourth-order valence-corrected chi connectivity index (χ4v) is 4.33. The Labute approximate surface area is 193 Å². The topological polar surface area (TPSA) is 0 Å². The van der Waals surface area contributed by atoms with Crippen LogP contribution < -0.4 is 0 Å². The predicted octanol–water partition coefficient (Wildman–Crippen LogP) is 11.4. The summed E-state index contributed by atoms with van der Waals surface area (Å²) in [6.07, 6.45) is 41.2. The molecule has 0 spiro atoms. The summed E-state index contributed by atoms with van der Waals surface area (Å²) in [5.74, 6) is 0. The van der Waals surface area contributed by atoms with Crippen LogP contribution in [0.1, 0.15) is 167 Å². The van der Waals surface area contributed by atoms with Crippen LogP contribution in [0.2, 0.25) is 0 Å². The van der Waals surface area contributed by atoms with Gasteiger partial charge in [0.15, 0.2) is 0 Å². The van der Waals surface area contributed by atoms with Gasteiger partial charge in [0.25, 0.3) is 0 Å². The van der Waals surface area contributed by atoms with Crippen molar-refractivity contribution in [2.24, 2.45) is 0 Å². The van der Waals surface area contributed by atoms with Gasteiger partial charge in [-0.15, -0.1) is 0 Å². The van der Waals surface area contributed by atoms with E-state index in [4.69, 9.17) is 0 Å². The van der Waals surface area contributed by atoms with Gasteiger partial charge in [0.05, 0.1) is 0 Å². The molecule has 0 aromatic heterocycles. The first-order chi connectivity index (χ1) is 14.9. The van der Waals surface area contributed by atoms with Gasteiger partial charge in [-0.3, -0.25) is 0 Å². The molecule has 0 aromatic rings. The zero-order valence-electron chi connectivity index (χ0n) is 21.0. The normalized spacial score (nSPS) is 11.7. The molecule has 0 atom stereocenters. The molecule has 0 aliphatic heterocycles. The summed E-state index contributed by atoms with van der Waals surface area (Å²) in [4.78, 5) is 0. The Hall–Kier alpha value is -0.260. The molecule has 0 aliphatic carbocycles. The average molecular weight is 419 g/mol. The molecule has 0 saturated heterocycles. The molecule has 2 radical (unpaired) electrons. The molecule has 0 heterocycles. The summed E-state index contributed by atoms with van der Waals surface area (Å²) < 4.78 is 0. The average Bonchev–Trinajstić information content (AvgIpc) is 2.76. The van der Waals surface area contributed by atoms with E-state index >= 15 is 0 Å². The zero-order chi connectivity index (χ0) is 21.8. The van der Waals surface area contributed by atoms with Crippen molar-refractivity contribution < 1.29 is 0 Å². The van der Waals surface area contributed by atoms with Crippen LogP contribution in [0.3, 0.4) is 0 Å². The van der Waals surface area contributed by atoms with Crippen molar-refractivity contribution in [2.45, 2.75) is 167 Å². The minimum absolute atomic E-state index is 1.04. The summed E-state index contributed by atoms with van der Waals surface area (Å²) in [5, 5.41) is 0. The highest BCUT2D eigenvalue weighted by atomic mass is 14.0. The van der Waals surface area contributed by atoms with Crippen molar-refractivity contribution in [1.29, 1.82) is 0 Å². The lowest BCUT2D eigenvalue weighted by atomic mass is 10.0. The number of hydrogen-bond donors (Lipinski definition) is 0. The van der Waals surface area contributed by atoms with Crippen molar-refractivity contribution in [1.82, 2.24) is 0 Å². The molecule has 0 aliphatic rings. The number of unbranched alkanes of at least 4 members (excludes halogenated alkanes) is 24. The quantitative estimate of drug-likeness (QED) is 0.0967. The highest BCUT2D eigenvalue weighted by Crippen LogP contribution is 2.15. The van der Waals surface area contributed by atoms with Crippen LogP contribution in [-0.2, 0) is 0 Å². The summed E-state index contributed by atoms with van der Waals surface area (Å²) in [5.41, 5.74) is 0. The fraction of sp³-hybridized carbons (Fsp3) is 0.867. The minimum atomic E-state index is 1.04. The van der Waals surface area contributed by atoms with E-state index in [9.17, 15) is 0 Å². The zero-order valence-corrected chi connectivity index (χ0v) is 21.0. The van der Waals surface area contributed by atoms with Crippen LogP contribution in [0.4, 0.5) is 0 Å². The third-order valence-corrected chi connectivity index (χ3v) is 6.41. The monoisotopic (exact) mass is 418 g/mol. The van der Waals surface area contributed by atoms with E-state index in [0.717, 1.165) is 19.3 Å². The standard InChI is InChI=1S/C30H58/c1-3-5-7-9-11-13-15-17-19-21-23-25-27-29-30-28-26-24-22-20-18-16-14-12-10-8-6-4-2/h7,9H,1-6,8,10-30H2. The molecule has 0 heteroatoms. The fourth-order valence-electron chi connectivity index (χ4n) is 4.33. The van der Waals surface area contributed by atoms with Gasteiger partial charge in [-0.25, -0.2) is 0 Å². The summed E-state index contributed by atoms with van der Waals surface area (Å²) in [6, 6.07) is 0. The Morgan fingerprint density at radius 2 is 0.533 bits per heavy atom. The van der Waals surface area contributed by atoms with Crippen molar-refractivity contribution in [2.75, 3.05) is 0 Å². The van der Waals surface area contributed by atoms with E-state index in [0.29, 0.717) is 0 Å². The first-order valence-corrected chi connectivity index (χ1v) is 14.1. The van der Waals surface area contributed by atoms with Crippen molar-refractivity contribution in [3.05, 3.63) is 26.0 Å². The second-order valence-corrected chi connectivity index (χ2v) is 9.53. The van der Waals surface area contributed by atoms with Crippen LogP contribution in [0.5, 0.6) is 0 Å². The molecule has 0 N–H and O–H groups in total. The van der Waals surface area contributed by atoms with Gasteiger partial charge in [-0.2, -0.15) is 0 Å². The molecule has 0 unspecified atom stereocenters. The molecular weight excluding hydrogens is 360 g/mol. The van der Waals surface area contributed by atoms with E-state index in [2.05, 4.69) is 26.0 Å². The highest BCUT2D eigenvalue weighted by molar-refractivity contribution is 4.81. The first-order valence-electron chi connectivity index (χ1n) is 14.1. The lowest BCUT2D eigenvalue weighted by Gasteiger charge is -2.04. The van der Waals surface area contributed by atoms with Crippen LogP contribution >= 0.6 is 0 Å². The Morgan fingerprint density at radius 1 is 0.267 bits per heavy atom. The predicted molar refractivity (Wildman–Crippen MR) is 140 cm³/mol. The molecular formula is C30H58. The molecule has 0 nitrogen and oxygen atoms in total. The molecule has 0 aromatic carbocycles. The van der Waals surface area contributed by atoms with Crippen molar-refractivity contribution in [3.8, 4) is 0 Å². The van der Waals surface area contributed by atoms with Crippen molar-refractivity contribution >= 4 is 0 Å². The highest BCUT2D eigenvalue weighted by Gasteiger charge is 1.95. The van der Waals surface area contributed by atoms with E-state index in [1.165, 1.54) is 148 Å². The van der Waals surface area contributed by atoms with E-state index < -0.39 is 0 Å². The van der Waals surface area contributed by atoms with E-state index in [-0.39, 0.29) is 0 Å². The molecule has 0 bridgehead atoms. The molecule has 178 valence electrons. The third-order valence-electron chi connectivity index (χ3n) is 6.41. The smallest absolute Gasteiger partial charge is 0.0351 e. The maximum Gasteiger partial charge on any atom is -0.0351 e. The Morgan fingerprint density at radius 3 is 0.833 bits per heavy atom. The Bertz CT molecular complexity index is 303. The van der Waals surface area contributed by atoms with Gasteiger partial charge >= 0.3 is 0 Å². The van der Waals surface area contributed by atoms with E-state index in [1.807, 2.05) is 0 Å². The number of rotatable bonds is 26. The molecule has 0 fully saturated rings. The molecule has 0 saturated carbocycles. The lowest BCUT2D eigenvalue weighted by Crippen LogP contribution is -1.84. The first kappa shape index (κ1) is 29.7.